The number of likely N-dealkylation sites (tertiary alicyclic amines) is 1. The fraction of sp³-hybridized carbons (Fsp3) is 0.909. The molecule has 0 aromatic heterocycles. The number of halogens is 1. The monoisotopic (exact) mass is 519 g/mol. The second kappa shape index (κ2) is 13.7. The van der Waals surface area contributed by atoms with E-state index in [1.165, 1.54) is 58.2 Å². The molecule has 29 heavy (non-hydrogen) atoms. The molecule has 0 spiro atoms. The second-order valence-corrected chi connectivity index (χ2v) is 8.95. The summed E-state index contributed by atoms with van der Waals surface area (Å²) >= 11 is 0. The van der Waals surface area contributed by atoms with Crippen LogP contribution in [-0.4, -0.2) is 62.1 Å². The minimum atomic E-state index is 0. The van der Waals surface area contributed by atoms with Gasteiger partial charge < -0.3 is 20.9 Å². The lowest BCUT2D eigenvalue weighted by molar-refractivity contribution is -0.126. The van der Waals surface area contributed by atoms with Crippen LogP contribution in [0.1, 0.15) is 77.0 Å². The molecule has 3 rings (SSSR count). The highest BCUT2D eigenvalue weighted by Gasteiger charge is 2.31. The Balaban J connectivity index is 0.00000300. The molecule has 0 aromatic carbocycles. The number of unbranched alkanes of at least 4 members (excludes halogenated alkanes) is 2. The molecule has 1 aliphatic heterocycles. The molecule has 1 saturated heterocycles. The van der Waals surface area contributed by atoms with Gasteiger partial charge in [-0.15, -0.1) is 24.0 Å². The summed E-state index contributed by atoms with van der Waals surface area (Å²) in [5, 5.41) is 10.2. The molecule has 6 nitrogen and oxygen atoms in total. The number of carbonyl (C=O) groups is 1. The number of rotatable bonds is 9. The Morgan fingerprint density at radius 3 is 2.45 bits per heavy atom. The summed E-state index contributed by atoms with van der Waals surface area (Å²) < 4.78 is 0. The summed E-state index contributed by atoms with van der Waals surface area (Å²) in [6.07, 6.45) is 14.5. The molecule has 7 heteroatoms. The minimum absolute atomic E-state index is 0. The molecule has 1 amide bonds. The molecule has 168 valence electrons. The first kappa shape index (κ1) is 24.7. The van der Waals surface area contributed by atoms with Crippen LogP contribution in [0.3, 0.4) is 0 Å². The number of piperidine rings is 1. The highest BCUT2D eigenvalue weighted by atomic mass is 127. The number of carbonyl (C=O) groups excluding carboxylic acids is 1. The summed E-state index contributed by atoms with van der Waals surface area (Å²) in [5.74, 6) is 1.33. The maximum absolute atomic E-state index is 12.3. The number of nitrogens with one attached hydrogen (secondary N) is 3. The zero-order valence-electron chi connectivity index (χ0n) is 18.3. The van der Waals surface area contributed by atoms with Crippen LogP contribution in [0.4, 0.5) is 0 Å². The van der Waals surface area contributed by atoms with Gasteiger partial charge in [-0.1, -0.05) is 19.3 Å². The number of nitrogens with zero attached hydrogens (tertiary/aromatic N) is 2. The molecule has 3 aliphatic rings. The van der Waals surface area contributed by atoms with Gasteiger partial charge in [0.2, 0.25) is 5.91 Å². The lowest BCUT2D eigenvalue weighted by atomic mass is 9.85. The van der Waals surface area contributed by atoms with Crippen molar-refractivity contribution >= 4 is 35.8 Å². The first-order chi connectivity index (χ1) is 13.7. The van der Waals surface area contributed by atoms with Crippen molar-refractivity contribution in [2.24, 2.45) is 10.9 Å². The van der Waals surface area contributed by atoms with Crippen LogP contribution in [0.15, 0.2) is 4.99 Å². The number of guanidine groups is 1. The van der Waals surface area contributed by atoms with Crippen LogP contribution in [0.25, 0.3) is 0 Å². The predicted molar refractivity (Wildman–Crippen MR) is 131 cm³/mol. The molecule has 2 atom stereocenters. The van der Waals surface area contributed by atoms with Gasteiger partial charge in [0.1, 0.15) is 0 Å². The Kier molecular flexibility index (Phi) is 11.6. The van der Waals surface area contributed by atoms with Gasteiger partial charge in [0.15, 0.2) is 5.96 Å². The van der Waals surface area contributed by atoms with Crippen molar-refractivity contribution in [3.8, 4) is 0 Å². The SMILES string of the molecule is CN=C(NCCCCCN1CCCCC1)NC1CCCC(C(=O)NC2CC2)C1.I. The van der Waals surface area contributed by atoms with E-state index >= 15 is 0 Å². The first-order valence-electron chi connectivity index (χ1n) is 11.7. The van der Waals surface area contributed by atoms with E-state index in [1.807, 2.05) is 7.05 Å². The third-order valence-corrected chi connectivity index (χ3v) is 6.43. The molecule has 0 aromatic rings. The van der Waals surface area contributed by atoms with Crippen molar-refractivity contribution in [1.29, 1.82) is 0 Å². The zero-order valence-corrected chi connectivity index (χ0v) is 20.6. The third kappa shape index (κ3) is 9.40. The van der Waals surface area contributed by atoms with Gasteiger partial charge in [-0.25, -0.2) is 0 Å². The maximum Gasteiger partial charge on any atom is 0.223 e. The molecular weight excluding hydrogens is 477 g/mol. The second-order valence-electron chi connectivity index (χ2n) is 8.95. The molecule has 0 bridgehead atoms. The van der Waals surface area contributed by atoms with E-state index in [0.29, 0.717) is 12.1 Å². The normalized spacial score (nSPS) is 25.8. The molecular formula is C22H42IN5O. The molecule has 2 unspecified atom stereocenters. The Hall–Kier alpha value is -0.570. The molecule has 2 aliphatic carbocycles. The maximum atomic E-state index is 12.3. The quantitative estimate of drug-likeness (QED) is 0.189. The lowest BCUT2D eigenvalue weighted by Crippen LogP contribution is -2.47. The number of aliphatic imine (C=N–C) groups is 1. The Morgan fingerprint density at radius 1 is 0.931 bits per heavy atom. The average Bonchev–Trinajstić information content (AvgIpc) is 3.54. The van der Waals surface area contributed by atoms with Gasteiger partial charge in [-0.3, -0.25) is 9.79 Å². The van der Waals surface area contributed by atoms with Crippen LogP contribution < -0.4 is 16.0 Å². The Labute approximate surface area is 194 Å². The van der Waals surface area contributed by atoms with E-state index in [-0.39, 0.29) is 35.8 Å². The van der Waals surface area contributed by atoms with Crippen molar-refractivity contribution in [3.63, 3.8) is 0 Å². The van der Waals surface area contributed by atoms with Crippen molar-refractivity contribution in [2.45, 2.75) is 89.1 Å². The van der Waals surface area contributed by atoms with Gasteiger partial charge in [0.05, 0.1) is 0 Å². The van der Waals surface area contributed by atoms with E-state index in [4.69, 9.17) is 0 Å². The summed E-state index contributed by atoms with van der Waals surface area (Å²) in [6.45, 7) is 4.84. The standard InChI is InChI=1S/C22H41N5O.HI/c1-23-22(24-13-4-2-5-14-27-15-6-3-7-16-27)26-20-10-8-9-18(17-20)21(28)25-19-11-12-19;/h18-20H,2-17H2,1H3,(H,25,28)(H2,23,24,26);1H. The van der Waals surface area contributed by atoms with Crippen molar-refractivity contribution < 1.29 is 4.79 Å². The largest absolute Gasteiger partial charge is 0.356 e. The number of hydrogen-bond acceptors (Lipinski definition) is 3. The highest BCUT2D eigenvalue weighted by Crippen LogP contribution is 2.26. The van der Waals surface area contributed by atoms with Crippen LogP contribution in [-0.2, 0) is 4.79 Å². The van der Waals surface area contributed by atoms with Gasteiger partial charge in [0.25, 0.3) is 0 Å². The van der Waals surface area contributed by atoms with Gasteiger partial charge in [-0.05, 0) is 77.4 Å². The highest BCUT2D eigenvalue weighted by molar-refractivity contribution is 14.0. The van der Waals surface area contributed by atoms with Crippen LogP contribution in [0.5, 0.6) is 0 Å². The van der Waals surface area contributed by atoms with Crippen LogP contribution >= 0.6 is 24.0 Å². The summed E-state index contributed by atoms with van der Waals surface area (Å²) in [6, 6.07) is 0.819. The predicted octanol–water partition coefficient (Wildman–Crippen LogP) is 3.26. The first-order valence-corrected chi connectivity index (χ1v) is 11.7. The summed E-state index contributed by atoms with van der Waals surface area (Å²) in [7, 11) is 1.84. The number of amides is 1. The van der Waals surface area contributed by atoms with Crippen molar-refractivity contribution in [3.05, 3.63) is 0 Å². The average molecular weight is 520 g/mol. The van der Waals surface area contributed by atoms with E-state index in [0.717, 1.165) is 51.0 Å². The van der Waals surface area contributed by atoms with Gasteiger partial charge in [0, 0.05) is 31.6 Å². The van der Waals surface area contributed by atoms with Gasteiger partial charge in [-0.2, -0.15) is 0 Å². The van der Waals surface area contributed by atoms with Crippen molar-refractivity contribution in [2.75, 3.05) is 33.2 Å². The Bertz CT molecular complexity index is 505. The molecule has 2 saturated carbocycles. The summed E-state index contributed by atoms with van der Waals surface area (Å²) in [5.41, 5.74) is 0. The van der Waals surface area contributed by atoms with E-state index in [9.17, 15) is 4.79 Å². The summed E-state index contributed by atoms with van der Waals surface area (Å²) in [4.78, 5) is 19.4. The smallest absolute Gasteiger partial charge is 0.223 e. The van der Waals surface area contributed by atoms with Crippen LogP contribution in [0.2, 0.25) is 0 Å². The fourth-order valence-corrected chi connectivity index (χ4v) is 4.52. The van der Waals surface area contributed by atoms with E-state index < -0.39 is 0 Å². The van der Waals surface area contributed by atoms with Crippen molar-refractivity contribution in [1.82, 2.24) is 20.9 Å². The zero-order chi connectivity index (χ0) is 19.6. The fourth-order valence-electron chi connectivity index (χ4n) is 4.52. The Morgan fingerprint density at radius 2 is 1.72 bits per heavy atom. The lowest BCUT2D eigenvalue weighted by Gasteiger charge is -2.30. The van der Waals surface area contributed by atoms with Gasteiger partial charge >= 0.3 is 0 Å². The van der Waals surface area contributed by atoms with E-state index in [1.54, 1.807) is 0 Å². The topological polar surface area (TPSA) is 68.8 Å². The molecule has 0 radical (unpaired) electrons. The van der Waals surface area contributed by atoms with E-state index in [2.05, 4.69) is 25.8 Å². The van der Waals surface area contributed by atoms with Crippen LogP contribution in [0, 0.1) is 5.92 Å². The molecule has 1 heterocycles. The number of hydrogen-bond donors (Lipinski definition) is 3. The third-order valence-electron chi connectivity index (χ3n) is 6.43. The molecule has 3 N–H and O–H groups in total. The minimum Gasteiger partial charge on any atom is -0.356 e. The molecule has 3 fully saturated rings.